The molecule has 3 heterocycles. The van der Waals surface area contributed by atoms with Crippen LogP contribution in [-0.2, 0) is 9.84 Å². The van der Waals surface area contributed by atoms with Gasteiger partial charge in [-0.1, -0.05) is 6.92 Å². The molecule has 0 aliphatic carbocycles. The zero-order valence-corrected chi connectivity index (χ0v) is 12.9. The normalized spacial score (nSPS) is 21.4. The third-order valence-corrected chi connectivity index (χ3v) is 6.06. The molecule has 3 rings (SSSR count). The van der Waals surface area contributed by atoms with Gasteiger partial charge in [0.1, 0.15) is 16.5 Å². The third kappa shape index (κ3) is 2.64. The molecule has 108 valence electrons. The molecule has 1 saturated heterocycles. The molecule has 2 aromatic heterocycles. The van der Waals surface area contributed by atoms with Crippen LogP contribution in [0.1, 0.15) is 31.5 Å². The van der Waals surface area contributed by atoms with Gasteiger partial charge in [-0.2, -0.15) is 0 Å². The number of fused-ring (bicyclic) bond motifs is 1. The number of anilines is 1. The summed E-state index contributed by atoms with van der Waals surface area (Å²) in [5, 5.41) is 6.33. The second kappa shape index (κ2) is 5.29. The summed E-state index contributed by atoms with van der Waals surface area (Å²) < 4.78 is 23.2. The van der Waals surface area contributed by atoms with Crippen LogP contribution in [0.5, 0.6) is 0 Å². The minimum absolute atomic E-state index is 0.0614. The molecule has 1 fully saturated rings. The fraction of sp³-hybridized carbons (Fsp3) is 0.538. The molecular formula is C13H17N3O2S2. The highest BCUT2D eigenvalue weighted by Crippen LogP contribution is 2.31. The van der Waals surface area contributed by atoms with Crippen LogP contribution >= 0.6 is 11.3 Å². The van der Waals surface area contributed by atoms with Crippen LogP contribution in [-0.4, -0.2) is 36.4 Å². The minimum atomic E-state index is -2.91. The van der Waals surface area contributed by atoms with Crippen LogP contribution in [0.15, 0.2) is 11.4 Å². The van der Waals surface area contributed by atoms with Gasteiger partial charge in [0, 0.05) is 12.5 Å². The first-order valence-corrected chi connectivity index (χ1v) is 9.48. The van der Waals surface area contributed by atoms with Gasteiger partial charge in [-0.15, -0.1) is 11.3 Å². The van der Waals surface area contributed by atoms with E-state index in [1.807, 2.05) is 11.4 Å². The molecular weight excluding hydrogens is 294 g/mol. The maximum atomic E-state index is 11.6. The van der Waals surface area contributed by atoms with Crippen molar-refractivity contribution in [2.75, 3.05) is 23.4 Å². The summed E-state index contributed by atoms with van der Waals surface area (Å²) in [5.41, 5.74) is 0. The first-order chi connectivity index (χ1) is 9.59. The Bertz CT molecular complexity index is 724. The topological polar surface area (TPSA) is 72.0 Å². The Kier molecular flexibility index (Phi) is 3.64. The Balaban J connectivity index is 1.99. The third-order valence-electron chi connectivity index (χ3n) is 3.48. The van der Waals surface area contributed by atoms with Crippen molar-refractivity contribution in [1.29, 1.82) is 0 Å². The van der Waals surface area contributed by atoms with Gasteiger partial charge in [-0.3, -0.25) is 0 Å². The van der Waals surface area contributed by atoms with E-state index in [0.29, 0.717) is 12.2 Å². The van der Waals surface area contributed by atoms with Gasteiger partial charge >= 0.3 is 0 Å². The Morgan fingerprint density at radius 1 is 1.45 bits per heavy atom. The highest BCUT2D eigenvalue weighted by atomic mass is 32.2. The van der Waals surface area contributed by atoms with Crippen molar-refractivity contribution >= 4 is 37.2 Å². The molecule has 1 aliphatic heterocycles. The smallest absolute Gasteiger partial charge is 0.151 e. The van der Waals surface area contributed by atoms with Gasteiger partial charge in [-0.05, 0) is 24.3 Å². The Labute approximate surface area is 122 Å². The monoisotopic (exact) mass is 311 g/mol. The van der Waals surface area contributed by atoms with Crippen LogP contribution in [0.3, 0.4) is 0 Å². The lowest BCUT2D eigenvalue weighted by Crippen LogP contribution is -2.10. The van der Waals surface area contributed by atoms with Crippen LogP contribution in [0, 0.1) is 0 Å². The van der Waals surface area contributed by atoms with Gasteiger partial charge in [0.25, 0.3) is 0 Å². The van der Waals surface area contributed by atoms with E-state index in [9.17, 15) is 8.42 Å². The number of aromatic nitrogens is 2. The second-order valence-corrected chi connectivity index (χ2v) is 8.22. The summed E-state index contributed by atoms with van der Waals surface area (Å²) in [4.78, 5) is 10.1. The van der Waals surface area contributed by atoms with Gasteiger partial charge in [0.15, 0.2) is 9.84 Å². The van der Waals surface area contributed by atoms with Crippen molar-refractivity contribution in [2.24, 2.45) is 0 Å². The van der Waals surface area contributed by atoms with E-state index < -0.39 is 9.84 Å². The molecule has 1 unspecified atom stereocenters. The number of sulfone groups is 1. The first kappa shape index (κ1) is 13.8. The summed E-state index contributed by atoms with van der Waals surface area (Å²) in [6, 6.07) is 2.01. The fourth-order valence-electron chi connectivity index (χ4n) is 2.43. The number of nitrogens with zero attached hydrogens (tertiary/aromatic N) is 2. The van der Waals surface area contributed by atoms with E-state index in [2.05, 4.69) is 22.2 Å². The van der Waals surface area contributed by atoms with Crippen LogP contribution in [0.2, 0.25) is 0 Å². The van der Waals surface area contributed by atoms with E-state index >= 15 is 0 Å². The molecule has 5 nitrogen and oxygen atoms in total. The molecule has 1 atom stereocenters. The average Bonchev–Trinajstić information content (AvgIpc) is 3.01. The molecule has 7 heteroatoms. The van der Waals surface area contributed by atoms with E-state index in [4.69, 9.17) is 0 Å². The van der Waals surface area contributed by atoms with Crippen molar-refractivity contribution in [1.82, 2.24) is 9.97 Å². The number of hydrogen-bond donors (Lipinski definition) is 1. The summed E-state index contributed by atoms with van der Waals surface area (Å²) in [7, 11) is -2.91. The standard InChI is InChI=1S/C13H17N3O2S2/c1-2-5-14-12-10-3-6-19-13(10)16-11(15-12)9-4-7-20(17,18)8-9/h3,6,9H,2,4-5,7-8H2,1H3,(H,14,15,16). The van der Waals surface area contributed by atoms with Crippen LogP contribution < -0.4 is 5.32 Å². The lowest BCUT2D eigenvalue weighted by molar-refractivity contribution is 0.601. The zero-order chi connectivity index (χ0) is 14.2. The molecule has 0 radical (unpaired) electrons. The molecule has 0 amide bonds. The van der Waals surface area contributed by atoms with Gasteiger partial charge in [0.05, 0.1) is 16.9 Å². The molecule has 0 aromatic carbocycles. The predicted octanol–water partition coefficient (Wildman–Crippen LogP) is 2.42. The number of hydrogen-bond acceptors (Lipinski definition) is 6. The van der Waals surface area contributed by atoms with E-state index in [0.717, 1.165) is 29.0 Å². The van der Waals surface area contributed by atoms with E-state index in [1.54, 1.807) is 11.3 Å². The second-order valence-electron chi connectivity index (χ2n) is 5.10. The Morgan fingerprint density at radius 2 is 2.30 bits per heavy atom. The number of nitrogens with one attached hydrogen (secondary N) is 1. The van der Waals surface area contributed by atoms with E-state index in [-0.39, 0.29) is 17.4 Å². The quantitative estimate of drug-likeness (QED) is 0.939. The fourth-order valence-corrected chi connectivity index (χ4v) is 4.94. The largest absolute Gasteiger partial charge is 0.369 e. The van der Waals surface area contributed by atoms with Crippen LogP contribution in [0.4, 0.5) is 5.82 Å². The van der Waals surface area contributed by atoms with Gasteiger partial charge < -0.3 is 5.32 Å². The SMILES string of the molecule is CCCNc1nc(C2CCS(=O)(=O)C2)nc2sccc12. The summed E-state index contributed by atoms with van der Waals surface area (Å²) in [5.74, 6) is 1.86. The Hall–Kier alpha value is -1.21. The Morgan fingerprint density at radius 3 is 3.00 bits per heavy atom. The maximum Gasteiger partial charge on any atom is 0.151 e. The molecule has 0 spiro atoms. The number of rotatable bonds is 4. The molecule has 20 heavy (non-hydrogen) atoms. The minimum Gasteiger partial charge on any atom is -0.369 e. The first-order valence-electron chi connectivity index (χ1n) is 6.78. The van der Waals surface area contributed by atoms with Gasteiger partial charge in [-0.25, -0.2) is 18.4 Å². The average molecular weight is 311 g/mol. The maximum absolute atomic E-state index is 11.6. The van der Waals surface area contributed by atoms with Crippen molar-refractivity contribution in [3.05, 3.63) is 17.3 Å². The molecule has 0 saturated carbocycles. The van der Waals surface area contributed by atoms with Crippen molar-refractivity contribution in [3.8, 4) is 0 Å². The molecule has 2 aromatic rings. The number of thiophene rings is 1. The lowest BCUT2D eigenvalue weighted by atomic mass is 10.1. The van der Waals surface area contributed by atoms with Crippen LogP contribution in [0.25, 0.3) is 10.2 Å². The van der Waals surface area contributed by atoms with E-state index in [1.165, 1.54) is 0 Å². The summed E-state index contributed by atoms with van der Waals surface area (Å²) in [6.45, 7) is 2.95. The highest BCUT2D eigenvalue weighted by molar-refractivity contribution is 7.91. The lowest BCUT2D eigenvalue weighted by Gasteiger charge is -2.11. The highest BCUT2D eigenvalue weighted by Gasteiger charge is 2.31. The summed E-state index contributed by atoms with van der Waals surface area (Å²) >= 11 is 1.57. The van der Waals surface area contributed by atoms with Gasteiger partial charge in [0.2, 0.25) is 0 Å². The van der Waals surface area contributed by atoms with Crippen molar-refractivity contribution < 1.29 is 8.42 Å². The van der Waals surface area contributed by atoms with Crippen molar-refractivity contribution in [2.45, 2.75) is 25.7 Å². The van der Waals surface area contributed by atoms with Crippen molar-refractivity contribution in [3.63, 3.8) is 0 Å². The summed E-state index contributed by atoms with van der Waals surface area (Å²) in [6.07, 6.45) is 1.65. The predicted molar refractivity (Wildman–Crippen MR) is 82.2 cm³/mol. The zero-order valence-electron chi connectivity index (χ0n) is 11.3. The molecule has 1 aliphatic rings. The molecule has 1 N–H and O–H groups in total. The molecule has 0 bridgehead atoms.